The number of hydrogen-bond acceptors (Lipinski definition) is 1. The van der Waals surface area contributed by atoms with Gasteiger partial charge in [-0.05, 0) is 13.1 Å². The Balaban J connectivity index is 0. The van der Waals surface area contributed by atoms with Gasteiger partial charge in [-0.25, -0.2) is 0 Å². The SMILES string of the molecule is CCCCCC.CCNCC. The normalized spacial score (nSPS) is 8.73. The van der Waals surface area contributed by atoms with Gasteiger partial charge in [0.25, 0.3) is 0 Å². The molecular formula is C10H25N. The van der Waals surface area contributed by atoms with Crippen LogP contribution in [-0.4, -0.2) is 13.1 Å². The molecule has 0 aromatic heterocycles. The van der Waals surface area contributed by atoms with E-state index in [1.807, 2.05) is 0 Å². The van der Waals surface area contributed by atoms with E-state index in [-0.39, 0.29) is 0 Å². The molecule has 0 heterocycles. The molecule has 0 saturated carbocycles. The van der Waals surface area contributed by atoms with Crippen molar-refractivity contribution in [3.05, 3.63) is 0 Å². The first-order valence-corrected chi connectivity index (χ1v) is 5.04. The Kier molecular flexibility index (Phi) is 20.3. The monoisotopic (exact) mass is 159 g/mol. The summed E-state index contributed by atoms with van der Waals surface area (Å²) < 4.78 is 0. The molecule has 1 N–H and O–H groups in total. The van der Waals surface area contributed by atoms with Gasteiger partial charge in [0.2, 0.25) is 0 Å². The van der Waals surface area contributed by atoms with E-state index < -0.39 is 0 Å². The highest BCUT2D eigenvalue weighted by molar-refractivity contribution is 4.31. The molecule has 0 bridgehead atoms. The average Bonchev–Trinajstić information content (AvgIpc) is 2.04. The van der Waals surface area contributed by atoms with Crippen LogP contribution in [0.15, 0.2) is 0 Å². The zero-order chi connectivity index (χ0) is 8.95. The van der Waals surface area contributed by atoms with Gasteiger partial charge in [0, 0.05) is 0 Å². The quantitative estimate of drug-likeness (QED) is 0.607. The molecular weight excluding hydrogens is 134 g/mol. The van der Waals surface area contributed by atoms with E-state index in [0.717, 1.165) is 13.1 Å². The fourth-order valence-corrected chi connectivity index (χ4v) is 0.750. The summed E-state index contributed by atoms with van der Waals surface area (Å²) in [5.41, 5.74) is 0. The Bertz CT molecular complexity index is 38.1. The van der Waals surface area contributed by atoms with Gasteiger partial charge in [-0.3, -0.25) is 0 Å². The van der Waals surface area contributed by atoms with Crippen LogP contribution in [0.3, 0.4) is 0 Å². The highest BCUT2D eigenvalue weighted by Gasteiger charge is 1.75. The molecule has 0 radical (unpaired) electrons. The van der Waals surface area contributed by atoms with Crippen LogP contribution in [-0.2, 0) is 0 Å². The largest absolute Gasteiger partial charge is 0.317 e. The molecule has 0 fully saturated rings. The number of unbranched alkanes of at least 4 members (excludes halogenated alkanes) is 3. The topological polar surface area (TPSA) is 12.0 Å². The van der Waals surface area contributed by atoms with Crippen LogP contribution in [0.4, 0.5) is 0 Å². The summed E-state index contributed by atoms with van der Waals surface area (Å²) in [6.07, 6.45) is 5.54. The van der Waals surface area contributed by atoms with Gasteiger partial charge in [-0.15, -0.1) is 0 Å². The summed E-state index contributed by atoms with van der Waals surface area (Å²) in [7, 11) is 0. The van der Waals surface area contributed by atoms with E-state index in [1.54, 1.807) is 0 Å². The minimum atomic E-state index is 1.09. The van der Waals surface area contributed by atoms with Crippen LogP contribution in [0.5, 0.6) is 0 Å². The zero-order valence-electron chi connectivity index (χ0n) is 8.74. The second-order valence-electron chi connectivity index (χ2n) is 2.66. The molecule has 11 heavy (non-hydrogen) atoms. The Morgan fingerprint density at radius 1 is 0.727 bits per heavy atom. The summed E-state index contributed by atoms with van der Waals surface area (Å²) in [6, 6.07) is 0. The smallest absolute Gasteiger partial charge is 0.00775 e. The predicted octanol–water partition coefficient (Wildman–Crippen LogP) is 3.20. The summed E-state index contributed by atoms with van der Waals surface area (Å²) in [4.78, 5) is 0. The van der Waals surface area contributed by atoms with E-state index in [0.29, 0.717) is 0 Å². The number of hydrogen-bond donors (Lipinski definition) is 1. The molecule has 1 nitrogen and oxygen atoms in total. The Hall–Kier alpha value is -0.0400. The average molecular weight is 159 g/mol. The summed E-state index contributed by atoms with van der Waals surface area (Å²) in [5, 5.41) is 3.11. The second-order valence-corrected chi connectivity index (χ2v) is 2.66. The first-order chi connectivity index (χ1) is 5.33. The third-order valence-electron chi connectivity index (χ3n) is 1.46. The third-order valence-corrected chi connectivity index (χ3v) is 1.46. The molecule has 0 unspecified atom stereocenters. The molecule has 0 spiro atoms. The van der Waals surface area contributed by atoms with Crippen LogP contribution in [0.1, 0.15) is 53.4 Å². The maximum Gasteiger partial charge on any atom is -0.00775 e. The van der Waals surface area contributed by atoms with Gasteiger partial charge in [-0.2, -0.15) is 0 Å². The fourth-order valence-electron chi connectivity index (χ4n) is 0.750. The molecule has 0 aliphatic carbocycles. The van der Waals surface area contributed by atoms with Crippen molar-refractivity contribution in [1.82, 2.24) is 5.32 Å². The molecule has 0 saturated heterocycles. The Morgan fingerprint density at radius 3 is 1.18 bits per heavy atom. The van der Waals surface area contributed by atoms with Gasteiger partial charge >= 0.3 is 0 Å². The van der Waals surface area contributed by atoms with Crippen molar-refractivity contribution >= 4 is 0 Å². The first kappa shape index (κ1) is 13.5. The number of rotatable bonds is 5. The van der Waals surface area contributed by atoms with Crippen molar-refractivity contribution in [3.8, 4) is 0 Å². The maximum atomic E-state index is 3.11. The van der Waals surface area contributed by atoms with E-state index in [9.17, 15) is 0 Å². The van der Waals surface area contributed by atoms with Crippen molar-refractivity contribution in [1.29, 1.82) is 0 Å². The Morgan fingerprint density at radius 2 is 1.09 bits per heavy atom. The lowest BCUT2D eigenvalue weighted by molar-refractivity contribution is 0.702. The lowest BCUT2D eigenvalue weighted by Gasteiger charge is -1.86. The molecule has 0 atom stereocenters. The van der Waals surface area contributed by atoms with Gasteiger partial charge in [0.05, 0.1) is 0 Å². The standard InChI is InChI=1S/C6H14.C4H11N/c1-3-5-6-4-2;1-3-5-4-2/h3-6H2,1-2H3;5H,3-4H2,1-2H3. The molecule has 0 aliphatic heterocycles. The lowest BCUT2D eigenvalue weighted by Crippen LogP contribution is -2.09. The lowest BCUT2D eigenvalue weighted by atomic mass is 10.2. The summed E-state index contributed by atoms with van der Waals surface area (Å²) in [5.74, 6) is 0. The maximum absolute atomic E-state index is 3.11. The molecule has 1 heteroatoms. The van der Waals surface area contributed by atoms with E-state index in [2.05, 4.69) is 33.0 Å². The summed E-state index contributed by atoms with van der Waals surface area (Å²) >= 11 is 0. The van der Waals surface area contributed by atoms with Crippen molar-refractivity contribution < 1.29 is 0 Å². The predicted molar refractivity (Wildman–Crippen MR) is 54.0 cm³/mol. The highest BCUT2D eigenvalue weighted by atomic mass is 14.8. The van der Waals surface area contributed by atoms with Crippen LogP contribution < -0.4 is 5.32 Å². The third kappa shape index (κ3) is 25.7. The molecule has 0 rings (SSSR count). The van der Waals surface area contributed by atoms with Crippen LogP contribution in [0.25, 0.3) is 0 Å². The van der Waals surface area contributed by atoms with Crippen molar-refractivity contribution in [2.45, 2.75) is 53.4 Å². The van der Waals surface area contributed by atoms with Crippen LogP contribution >= 0.6 is 0 Å². The van der Waals surface area contributed by atoms with Crippen molar-refractivity contribution in [3.63, 3.8) is 0 Å². The molecule has 0 amide bonds. The minimum absolute atomic E-state index is 1.09. The van der Waals surface area contributed by atoms with E-state index >= 15 is 0 Å². The van der Waals surface area contributed by atoms with Gasteiger partial charge in [0.1, 0.15) is 0 Å². The van der Waals surface area contributed by atoms with Crippen LogP contribution in [0, 0.1) is 0 Å². The van der Waals surface area contributed by atoms with Crippen molar-refractivity contribution in [2.75, 3.05) is 13.1 Å². The minimum Gasteiger partial charge on any atom is -0.317 e. The fraction of sp³-hybridized carbons (Fsp3) is 1.00. The van der Waals surface area contributed by atoms with Crippen molar-refractivity contribution in [2.24, 2.45) is 0 Å². The molecule has 0 aromatic carbocycles. The van der Waals surface area contributed by atoms with Gasteiger partial charge in [-0.1, -0.05) is 53.4 Å². The van der Waals surface area contributed by atoms with E-state index in [4.69, 9.17) is 0 Å². The molecule has 70 valence electrons. The Labute approximate surface area is 72.6 Å². The van der Waals surface area contributed by atoms with Crippen LogP contribution in [0.2, 0.25) is 0 Å². The zero-order valence-corrected chi connectivity index (χ0v) is 8.74. The molecule has 0 aliphatic rings. The number of nitrogens with one attached hydrogen (secondary N) is 1. The highest BCUT2D eigenvalue weighted by Crippen LogP contribution is 1.95. The molecule has 0 aromatic rings. The second kappa shape index (κ2) is 16.5. The van der Waals surface area contributed by atoms with E-state index in [1.165, 1.54) is 25.7 Å². The van der Waals surface area contributed by atoms with Gasteiger partial charge < -0.3 is 5.32 Å². The van der Waals surface area contributed by atoms with Gasteiger partial charge in [0.15, 0.2) is 0 Å². The first-order valence-electron chi connectivity index (χ1n) is 5.04. The summed E-state index contributed by atoms with van der Waals surface area (Å²) in [6.45, 7) is 10.9.